The second kappa shape index (κ2) is 7.16. The van der Waals surface area contributed by atoms with E-state index in [2.05, 4.69) is 9.72 Å². The molecule has 0 spiro atoms. The number of thiophene rings is 1. The van der Waals surface area contributed by atoms with Gasteiger partial charge in [0.15, 0.2) is 0 Å². The Morgan fingerprint density at radius 3 is 2.21 bits per heavy atom. The van der Waals surface area contributed by atoms with Gasteiger partial charge in [0.2, 0.25) is 0 Å². The number of imidazole rings is 1. The van der Waals surface area contributed by atoms with Gasteiger partial charge in [0.25, 0.3) is 0 Å². The van der Waals surface area contributed by atoms with E-state index in [1.165, 1.54) is 23.5 Å². The largest absolute Gasteiger partial charge is 0.573 e. The summed E-state index contributed by atoms with van der Waals surface area (Å²) in [6.07, 6.45) is -4.69. The highest BCUT2D eigenvalue weighted by atomic mass is 32.1. The maximum atomic E-state index is 12.3. The number of ether oxygens (including phenoxy) is 1. The zero-order valence-corrected chi connectivity index (χ0v) is 15.6. The first-order chi connectivity index (χ1) is 13.4. The van der Waals surface area contributed by atoms with Gasteiger partial charge in [-0.15, -0.1) is 24.5 Å². The van der Waals surface area contributed by atoms with E-state index in [9.17, 15) is 13.2 Å². The number of halogens is 3. The van der Waals surface area contributed by atoms with Crippen molar-refractivity contribution in [3.05, 3.63) is 72.4 Å². The molecule has 3 nitrogen and oxygen atoms in total. The molecule has 2 heterocycles. The van der Waals surface area contributed by atoms with Gasteiger partial charge >= 0.3 is 6.36 Å². The number of aryl methyl sites for hydroxylation is 1. The van der Waals surface area contributed by atoms with E-state index in [1.54, 1.807) is 12.1 Å². The second-order valence-electron chi connectivity index (χ2n) is 6.16. The summed E-state index contributed by atoms with van der Waals surface area (Å²) in [5.41, 5.74) is 3.74. The van der Waals surface area contributed by atoms with E-state index >= 15 is 0 Å². The Hall–Kier alpha value is -3.06. The van der Waals surface area contributed by atoms with Gasteiger partial charge in [0, 0.05) is 16.1 Å². The van der Waals surface area contributed by atoms with E-state index in [-0.39, 0.29) is 5.75 Å². The van der Waals surface area contributed by atoms with Gasteiger partial charge in [-0.1, -0.05) is 30.3 Å². The van der Waals surface area contributed by atoms with Crippen molar-refractivity contribution in [2.45, 2.75) is 13.3 Å². The molecule has 0 amide bonds. The Bertz CT molecular complexity index is 1080. The van der Waals surface area contributed by atoms with Crippen LogP contribution >= 0.6 is 11.3 Å². The van der Waals surface area contributed by atoms with Crippen LogP contribution < -0.4 is 4.74 Å². The topological polar surface area (TPSA) is 37.9 Å². The summed E-state index contributed by atoms with van der Waals surface area (Å²) < 4.78 is 40.8. The number of aromatic amines is 1. The van der Waals surface area contributed by atoms with E-state index < -0.39 is 6.36 Å². The minimum absolute atomic E-state index is 0.234. The molecule has 2 aromatic carbocycles. The lowest BCUT2D eigenvalue weighted by Gasteiger charge is -2.08. The minimum Gasteiger partial charge on any atom is -0.406 e. The summed E-state index contributed by atoms with van der Waals surface area (Å²) in [5, 5.41) is 0. The van der Waals surface area contributed by atoms with Crippen molar-refractivity contribution < 1.29 is 17.9 Å². The molecule has 0 aliphatic carbocycles. The van der Waals surface area contributed by atoms with Gasteiger partial charge in [-0.2, -0.15) is 0 Å². The van der Waals surface area contributed by atoms with Crippen LogP contribution in [-0.4, -0.2) is 16.3 Å². The zero-order chi connectivity index (χ0) is 19.7. The Labute approximate surface area is 163 Å². The highest BCUT2D eigenvalue weighted by molar-refractivity contribution is 7.18. The first-order valence-electron chi connectivity index (χ1n) is 8.47. The van der Waals surface area contributed by atoms with Crippen molar-refractivity contribution in [2.24, 2.45) is 0 Å². The molecule has 0 fully saturated rings. The van der Waals surface area contributed by atoms with Gasteiger partial charge < -0.3 is 9.72 Å². The fourth-order valence-electron chi connectivity index (χ4n) is 2.90. The lowest BCUT2D eigenvalue weighted by molar-refractivity contribution is -0.274. The van der Waals surface area contributed by atoms with Crippen LogP contribution in [0, 0.1) is 6.92 Å². The number of hydrogen-bond donors (Lipinski definition) is 1. The summed E-state index contributed by atoms with van der Waals surface area (Å²) in [4.78, 5) is 9.92. The van der Waals surface area contributed by atoms with Crippen molar-refractivity contribution >= 4 is 11.3 Å². The third kappa shape index (κ3) is 3.94. The van der Waals surface area contributed by atoms with Crippen LogP contribution in [0.25, 0.3) is 32.4 Å². The van der Waals surface area contributed by atoms with Crippen LogP contribution in [0.3, 0.4) is 0 Å². The third-order valence-electron chi connectivity index (χ3n) is 4.14. The van der Waals surface area contributed by atoms with Crippen molar-refractivity contribution in [3.63, 3.8) is 0 Å². The first-order valence-corrected chi connectivity index (χ1v) is 9.29. The fraction of sp³-hybridized carbons (Fsp3) is 0.0952. The third-order valence-corrected chi connectivity index (χ3v) is 5.28. The summed E-state index contributed by atoms with van der Waals surface area (Å²) in [6.45, 7) is 1.98. The van der Waals surface area contributed by atoms with Crippen LogP contribution in [0.4, 0.5) is 13.2 Å². The number of nitrogens with one attached hydrogen (secondary N) is 1. The van der Waals surface area contributed by atoms with Gasteiger partial charge in [0.1, 0.15) is 11.6 Å². The normalized spacial score (nSPS) is 11.6. The zero-order valence-electron chi connectivity index (χ0n) is 14.7. The number of nitrogens with zero attached hydrogens (tertiary/aromatic N) is 1. The number of benzene rings is 2. The van der Waals surface area contributed by atoms with E-state index in [0.717, 1.165) is 38.1 Å². The van der Waals surface area contributed by atoms with Crippen LogP contribution in [0.1, 0.15) is 5.69 Å². The number of alkyl halides is 3. The molecule has 2 aromatic heterocycles. The molecule has 0 bridgehead atoms. The van der Waals surface area contributed by atoms with E-state index in [0.29, 0.717) is 0 Å². The van der Waals surface area contributed by atoms with Crippen molar-refractivity contribution in [3.8, 4) is 38.1 Å². The van der Waals surface area contributed by atoms with Gasteiger partial charge in [-0.25, -0.2) is 4.98 Å². The average Bonchev–Trinajstić information content (AvgIpc) is 3.29. The lowest BCUT2D eigenvalue weighted by atomic mass is 10.1. The maximum Gasteiger partial charge on any atom is 0.573 e. The molecule has 1 N–H and O–H groups in total. The number of rotatable bonds is 4. The Morgan fingerprint density at radius 1 is 0.857 bits per heavy atom. The van der Waals surface area contributed by atoms with Gasteiger partial charge in [-0.3, -0.25) is 0 Å². The summed E-state index contributed by atoms with van der Waals surface area (Å²) in [7, 11) is 0. The quantitative estimate of drug-likeness (QED) is 0.415. The summed E-state index contributed by atoms with van der Waals surface area (Å²) >= 11 is 1.52. The first kappa shape index (κ1) is 18.3. The molecule has 0 aliphatic rings. The van der Waals surface area contributed by atoms with Crippen LogP contribution in [-0.2, 0) is 0 Å². The van der Waals surface area contributed by atoms with E-state index in [4.69, 9.17) is 4.98 Å². The number of H-pyrrole nitrogens is 1. The van der Waals surface area contributed by atoms with Crippen LogP contribution in [0.5, 0.6) is 5.75 Å². The van der Waals surface area contributed by atoms with Crippen molar-refractivity contribution in [1.82, 2.24) is 9.97 Å². The molecule has 0 unspecified atom stereocenters. The summed E-state index contributed by atoms with van der Waals surface area (Å²) in [6, 6.07) is 19.7. The Morgan fingerprint density at radius 2 is 1.54 bits per heavy atom. The van der Waals surface area contributed by atoms with Crippen molar-refractivity contribution in [1.29, 1.82) is 0 Å². The molecular formula is C21H15F3N2OS. The molecule has 0 atom stereocenters. The average molecular weight is 400 g/mol. The molecule has 0 aliphatic heterocycles. The molecule has 0 saturated carbocycles. The molecular weight excluding hydrogens is 385 g/mol. The number of hydrogen-bond acceptors (Lipinski definition) is 3. The number of aromatic nitrogens is 2. The minimum atomic E-state index is -4.69. The van der Waals surface area contributed by atoms with E-state index in [1.807, 2.05) is 49.4 Å². The molecule has 0 saturated heterocycles. The fourth-order valence-corrected chi connectivity index (χ4v) is 3.85. The lowest BCUT2D eigenvalue weighted by Crippen LogP contribution is -2.16. The predicted octanol–water partition coefficient (Wildman–Crippen LogP) is 6.68. The molecule has 4 rings (SSSR count). The van der Waals surface area contributed by atoms with Crippen LogP contribution in [0.15, 0.2) is 66.7 Å². The van der Waals surface area contributed by atoms with Crippen molar-refractivity contribution in [2.75, 3.05) is 0 Å². The monoisotopic (exact) mass is 400 g/mol. The highest BCUT2D eigenvalue weighted by Gasteiger charge is 2.31. The molecule has 7 heteroatoms. The SMILES string of the molecule is Cc1[nH]c(-c2ccc(-c3ccc(OC(F)(F)F)cc3)s2)nc1-c1ccccc1. The summed E-state index contributed by atoms with van der Waals surface area (Å²) in [5.74, 6) is 0.534. The van der Waals surface area contributed by atoms with Crippen LogP contribution in [0.2, 0.25) is 0 Å². The predicted molar refractivity (Wildman–Crippen MR) is 104 cm³/mol. The second-order valence-corrected chi connectivity index (χ2v) is 7.24. The Kier molecular flexibility index (Phi) is 4.68. The maximum absolute atomic E-state index is 12.3. The molecule has 142 valence electrons. The molecule has 0 radical (unpaired) electrons. The van der Waals surface area contributed by atoms with Gasteiger partial charge in [-0.05, 0) is 48.9 Å². The Balaban J connectivity index is 1.58. The smallest absolute Gasteiger partial charge is 0.406 e. The molecule has 4 aromatic rings. The highest BCUT2D eigenvalue weighted by Crippen LogP contribution is 2.36. The molecule has 28 heavy (non-hydrogen) atoms. The van der Waals surface area contributed by atoms with Gasteiger partial charge in [0.05, 0.1) is 10.6 Å². The standard InChI is InChI=1S/C21H15F3N2OS/c1-13-19(15-5-3-2-4-6-15)26-20(25-13)18-12-11-17(28-18)14-7-9-16(10-8-14)27-21(22,23)24/h2-12H,1H3,(H,25,26).